The Bertz CT molecular complexity index is 1140. The Kier molecular flexibility index (Phi) is 7.45. The van der Waals surface area contributed by atoms with E-state index in [1.165, 1.54) is 0 Å². The van der Waals surface area contributed by atoms with Crippen LogP contribution in [-0.2, 0) is 16.0 Å². The maximum absolute atomic E-state index is 13.3. The molecule has 1 N–H and O–H groups in total. The summed E-state index contributed by atoms with van der Waals surface area (Å²) in [5.74, 6) is 0.0228. The first-order valence-corrected chi connectivity index (χ1v) is 12.3. The Labute approximate surface area is 206 Å². The summed E-state index contributed by atoms with van der Waals surface area (Å²) in [6.45, 7) is 5.63. The third-order valence-electron chi connectivity index (χ3n) is 6.44. The lowest BCUT2D eigenvalue weighted by atomic mass is 9.94. The molecule has 2 aromatic carbocycles. The van der Waals surface area contributed by atoms with Crippen LogP contribution in [0.3, 0.4) is 0 Å². The summed E-state index contributed by atoms with van der Waals surface area (Å²) in [5, 5.41) is 11.4. The number of carbonyl (C=O) groups is 2. The molecule has 2 aliphatic rings. The Morgan fingerprint density at radius 2 is 2.00 bits per heavy atom. The number of rotatable bonds is 9. The molecule has 1 saturated heterocycles. The number of fused-ring (bicyclic) bond motifs is 1. The number of unbranched alkanes of at least 4 members (excludes halogenated alkanes) is 1. The summed E-state index contributed by atoms with van der Waals surface area (Å²) in [4.78, 5) is 29.9. The topological polar surface area (TPSA) is 79.3 Å². The van der Waals surface area contributed by atoms with Crippen LogP contribution in [0.2, 0.25) is 0 Å². The van der Waals surface area contributed by atoms with E-state index in [0.29, 0.717) is 31.0 Å². The minimum Gasteiger partial charge on any atom is -0.507 e. The van der Waals surface area contributed by atoms with Crippen molar-refractivity contribution in [1.29, 1.82) is 0 Å². The zero-order chi connectivity index (χ0) is 25.1. The van der Waals surface area contributed by atoms with Crippen molar-refractivity contribution in [2.75, 3.05) is 33.8 Å². The number of likely N-dealkylation sites (tertiary alicyclic amines) is 1. The van der Waals surface area contributed by atoms with Gasteiger partial charge < -0.3 is 24.4 Å². The standard InChI is InChI=1S/C28H34N2O5/c1-5-6-14-34-22-9-7-8-19(17-22)25-24(27(32)28(33)30(25)13-12-29(3)4)26(31)20-10-11-23-21(16-20)15-18(2)35-23/h7-11,16-18,25,31H,5-6,12-15H2,1-4H3/t18-,25+/m1/s1. The van der Waals surface area contributed by atoms with Gasteiger partial charge in [0, 0.05) is 25.1 Å². The first-order valence-electron chi connectivity index (χ1n) is 12.3. The number of hydrogen-bond acceptors (Lipinski definition) is 6. The number of hydrogen-bond donors (Lipinski definition) is 1. The van der Waals surface area contributed by atoms with Crippen molar-refractivity contribution >= 4 is 17.4 Å². The van der Waals surface area contributed by atoms with E-state index in [1.807, 2.05) is 62.3 Å². The number of ether oxygens (including phenoxy) is 2. The van der Waals surface area contributed by atoms with E-state index in [0.717, 1.165) is 36.1 Å². The minimum atomic E-state index is -0.701. The van der Waals surface area contributed by atoms with E-state index in [4.69, 9.17) is 9.47 Å². The maximum Gasteiger partial charge on any atom is 0.295 e. The normalized spacial score (nSPS) is 20.9. The van der Waals surface area contributed by atoms with Gasteiger partial charge in [0.15, 0.2) is 0 Å². The molecule has 7 nitrogen and oxygen atoms in total. The largest absolute Gasteiger partial charge is 0.507 e. The van der Waals surface area contributed by atoms with Gasteiger partial charge in [-0.1, -0.05) is 25.5 Å². The van der Waals surface area contributed by atoms with E-state index in [-0.39, 0.29) is 17.4 Å². The Hall–Kier alpha value is -3.32. The predicted molar refractivity (Wildman–Crippen MR) is 135 cm³/mol. The van der Waals surface area contributed by atoms with Crippen molar-refractivity contribution in [1.82, 2.24) is 9.80 Å². The molecule has 2 aromatic rings. The first kappa shape index (κ1) is 24.8. The molecule has 7 heteroatoms. The number of Topliss-reactive ketones (excluding diaryl/α,β-unsaturated/α-hetero) is 1. The van der Waals surface area contributed by atoms with Crippen LogP contribution in [0, 0.1) is 0 Å². The zero-order valence-electron chi connectivity index (χ0n) is 20.9. The van der Waals surface area contributed by atoms with E-state index in [1.54, 1.807) is 11.0 Å². The highest BCUT2D eigenvalue weighted by molar-refractivity contribution is 6.46. The average molecular weight is 479 g/mol. The summed E-state index contributed by atoms with van der Waals surface area (Å²) >= 11 is 0. The van der Waals surface area contributed by atoms with Gasteiger partial charge in [-0.05, 0) is 68.9 Å². The van der Waals surface area contributed by atoms with E-state index < -0.39 is 17.7 Å². The van der Waals surface area contributed by atoms with Crippen molar-refractivity contribution in [2.45, 2.75) is 45.3 Å². The SMILES string of the molecule is CCCCOc1cccc([C@H]2C(=C(O)c3ccc4c(c3)C[C@@H](C)O4)C(=O)C(=O)N2CCN(C)C)c1. The van der Waals surface area contributed by atoms with Gasteiger partial charge in [0.05, 0.1) is 18.2 Å². The van der Waals surface area contributed by atoms with Crippen molar-refractivity contribution < 1.29 is 24.2 Å². The van der Waals surface area contributed by atoms with Gasteiger partial charge in [-0.15, -0.1) is 0 Å². The quantitative estimate of drug-likeness (QED) is 0.252. The lowest BCUT2D eigenvalue weighted by molar-refractivity contribution is -0.140. The second-order valence-electron chi connectivity index (χ2n) is 9.53. The maximum atomic E-state index is 13.3. The number of nitrogens with zero attached hydrogens (tertiary/aromatic N) is 2. The van der Waals surface area contributed by atoms with Crippen molar-refractivity contribution in [2.24, 2.45) is 0 Å². The lowest BCUT2D eigenvalue weighted by Crippen LogP contribution is -2.35. The lowest BCUT2D eigenvalue weighted by Gasteiger charge is -2.27. The highest BCUT2D eigenvalue weighted by Gasteiger charge is 2.46. The Morgan fingerprint density at radius 3 is 2.74 bits per heavy atom. The van der Waals surface area contributed by atoms with Crippen molar-refractivity contribution in [3.63, 3.8) is 0 Å². The third kappa shape index (κ3) is 5.20. The molecule has 35 heavy (non-hydrogen) atoms. The Balaban J connectivity index is 1.77. The van der Waals surface area contributed by atoms with Gasteiger partial charge in [0.2, 0.25) is 0 Å². The van der Waals surface area contributed by atoms with Crippen LogP contribution in [0.25, 0.3) is 5.76 Å². The number of likely N-dealkylation sites (N-methyl/N-ethyl adjacent to an activating group) is 1. The van der Waals surface area contributed by atoms with Crippen molar-refractivity contribution in [3.8, 4) is 11.5 Å². The molecule has 186 valence electrons. The van der Waals surface area contributed by atoms with Gasteiger partial charge in [0.1, 0.15) is 23.4 Å². The summed E-state index contributed by atoms with van der Waals surface area (Å²) in [6, 6.07) is 12.2. The minimum absolute atomic E-state index is 0.0643. The second kappa shape index (κ2) is 10.5. The average Bonchev–Trinajstić information content (AvgIpc) is 3.33. The number of ketones is 1. The van der Waals surface area contributed by atoms with Crippen LogP contribution in [0.1, 0.15) is 49.4 Å². The number of amides is 1. The molecule has 0 spiro atoms. The second-order valence-corrected chi connectivity index (χ2v) is 9.53. The highest BCUT2D eigenvalue weighted by Crippen LogP contribution is 2.41. The van der Waals surface area contributed by atoms with Gasteiger partial charge in [-0.25, -0.2) is 0 Å². The number of aliphatic hydroxyl groups excluding tert-OH is 1. The van der Waals surface area contributed by atoms with Crippen LogP contribution in [0.4, 0.5) is 0 Å². The van der Waals surface area contributed by atoms with Crippen molar-refractivity contribution in [3.05, 3.63) is 64.7 Å². The van der Waals surface area contributed by atoms with E-state index >= 15 is 0 Å². The molecule has 0 saturated carbocycles. The highest BCUT2D eigenvalue weighted by atomic mass is 16.5. The number of carbonyl (C=O) groups excluding carboxylic acids is 2. The van der Waals surface area contributed by atoms with Gasteiger partial charge in [0.25, 0.3) is 11.7 Å². The van der Waals surface area contributed by atoms with E-state index in [9.17, 15) is 14.7 Å². The molecule has 1 amide bonds. The number of benzene rings is 2. The van der Waals surface area contributed by atoms with Crippen LogP contribution in [0.15, 0.2) is 48.0 Å². The fourth-order valence-electron chi connectivity index (χ4n) is 4.60. The summed E-state index contributed by atoms with van der Waals surface area (Å²) in [5.41, 5.74) is 2.32. The molecule has 2 heterocycles. The van der Waals surface area contributed by atoms with Gasteiger partial charge in [-0.3, -0.25) is 9.59 Å². The van der Waals surface area contributed by atoms with Gasteiger partial charge >= 0.3 is 0 Å². The molecule has 4 rings (SSSR count). The van der Waals surface area contributed by atoms with Crippen LogP contribution >= 0.6 is 0 Å². The molecule has 0 radical (unpaired) electrons. The molecule has 1 fully saturated rings. The van der Waals surface area contributed by atoms with E-state index in [2.05, 4.69) is 6.92 Å². The molecule has 2 aliphatic heterocycles. The summed E-state index contributed by atoms with van der Waals surface area (Å²) < 4.78 is 11.7. The molecule has 2 atom stereocenters. The smallest absolute Gasteiger partial charge is 0.295 e. The third-order valence-corrected chi connectivity index (χ3v) is 6.44. The zero-order valence-corrected chi connectivity index (χ0v) is 20.9. The monoisotopic (exact) mass is 478 g/mol. The fourth-order valence-corrected chi connectivity index (χ4v) is 4.60. The van der Waals surface area contributed by atoms with Gasteiger partial charge in [-0.2, -0.15) is 0 Å². The van der Waals surface area contributed by atoms with Crippen LogP contribution < -0.4 is 9.47 Å². The summed E-state index contributed by atoms with van der Waals surface area (Å²) in [6.07, 6.45) is 2.75. The molecule has 0 bridgehead atoms. The van der Waals surface area contributed by atoms with Crippen LogP contribution in [-0.4, -0.2) is 66.5 Å². The molecule has 0 aliphatic carbocycles. The predicted octanol–water partition coefficient (Wildman–Crippen LogP) is 4.17. The first-order chi connectivity index (χ1) is 16.8. The fraction of sp³-hybridized carbons (Fsp3) is 0.429. The summed E-state index contributed by atoms with van der Waals surface area (Å²) in [7, 11) is 3.84. The Morgan fingerprint density at radius 1 is 1.20 bits per heavy atom. The molecular weight excluding hydrogens is 444 g/mol. The molecule has 0 aromatic heterocycles. The molecular formula is C28H34N2O5. The number of aliphatic hydroxyl groups is 1. The van der Waals surface area contributed by atoms with Crippen LogP contribution in [0.5, 0.6) is 11.5 Å². The molecule has 0 unspecified atom stereocenters.